The topological polar surface area (TPSA) is 70.0 Å². The molecule has 0 bridgehead atoms. The van der Waals surface area contributed by atoms with Crippen LogP contribution >= 0.6 is 11.8 Å². The van der Waals surface area contributed by atoms with Crippen LogP contribution in [0.1, 0.15) is 12.5 Å². The second kappa shape index (κ2) is 4.89. The van der Waals surface area contributed by atoms with E-state index >= 15 is 0 Å². The van der Waals surface area contributed by atoms with Gasteiger partial charge in [-0.1, -0.05) is 6.92 Å². The molecule has 0 aliphatic heterocycles. The maximum Gasteiger partial charge on any atom is 0.0992 e. The fourth-order valence-electron chi connectivity index (χ4n) is 0.979. The number of rotatable bonds is 3. The average molecular weight is 208 g/mol. The van der Waals surface area contributed by atoms with Gasteiger partial charge in [0.05, 0.1) is 18.2 Å². The molecule has 0 aliphatic rings. The highest BCUT2D eigenvalue weighted by Crippen LogP contribution is 2.28. The summed E-state index contributed by atoms with van der Waals surface area (Å²) < 4.78 is 0. The minimum Gasteiger partial charge on any atom is -0.398 e. The predicted octanol–water partition coefficient (Wildman–Crippen LogP) is 1.61. The second-order valence-corrected chi connectivity index (χ2v) is 4.46. The summed E-state index contributed by atoms with van der Waals surface area (Å²) in [4.78, 5) is 0.908. The Labute approximate surface area is 87.5 Å². The largest absolute Gasteiger partial charge is 0.398 e. The van der Waals surface area contributed by atoms with E-state index in [2.05, 4.69) is 0 Å². The Morgan fingerprint density at radius 1 is 1.64 bits per heavy atom. The molecular formula is C10H12N2OS. The molecular weight excluding hydrogens is 196 g/mol. The second-order valence-electron chi connectivity index (χ2n) is 2.98. The number of nitrogens with zero attached hydrogens (tertiary/aromatic N) is 1. The molecule has 0 saturated carbocycles. The van der Waals surface area contributed by atoms with E-state index in [1.807, 2.05) is 19.1 Å². The SMILES string of the molecule is CC(CO)Sc1ccc(C#N)cc1N. The minimum atomic E-state index is 0.115. The van der Waals surface area contributed by atoms with E-state index in [0.717, 1.165) is 4.90 Å². The van der Waals surface area contributed by atoms with E-state index in [1.54, 1.807) is 12.1 Å². The Bertz CT molecular complexity index is 360. The quantitative estimate of drug-likeness (QED) is 0.585. The molecule has 3 N–H and O–H groups in total. The Balaban J connectivity index is 2.85. The van der Waals surface area contributed by atoms with Crippen molar-refractivity contribution in [1.82, 2.24) is 0 Å². The van der Waals surface area contributed by atoms with Gasteiger partial charge in [-0.25, -0.2) is 0 Å². The Hall–Kier alpha value is -1.18. The molecule has 74 valence electrons. The third-order valence-corrected chi connectivity index (χ3v) is 2.90. The van der Waals surface area contributed by atoms with Crippen molar-refractivity contribution >= 4 is 17.4 Å². The maximum absolute atomic E-state index is 8.87. The van der Waals surface area contributed by atoms with Gasteiger partial charge in [0.1, 0.15) is 0 Å². The van der Waals surface area contributed by atoms with E-state index in [9.17, 15) is 0 Å². The monoisotopic (exact) mass is 208 g/mol. The number of hydrogen-bond donors (Lipinski definition) is 2. The normalized spacial score (nSPS) is 12.1. The lowest BCUT2D eigenvalue weighted by atomic mass is 10.2. The van der Waals surface area contributed by atoms with Crippen molar-refractivity contribution in [1.29, 1.82) is 5.26 Å². The van der Waals surface area contributed by atoms with Crippen LogP contribution in [0.5, 0.6) is 0 Å². The van der Waals surface area contributed by atoms with Gasteiger partial charge in [-0.3, -0.25) is 0 Å². The van der Waals surface area contributed by atoms with Crippen LogP contribution in [0.2, 0.25) is 0 Å². The molecule has 14 heavy (non-hydrogen) atoms. The molecule has 0 radical (unpaired) electrons. The molecule has 0 aromatic heterocycles. The van der Waals surface area contributed by atoms with Crippen LogP contribution in [0.4, 0.5) is 5.69 Å². The molecule has 0 saturated heterocycles. The maximum atomic E-state index is 8.87. The fourth-order valence-corrected chi connectivity index (χ4v) is 1.83. The summed E-state index contributed by atoms with van der Waals surface area (Å²) >= 11 is 1.50. The van der Waals surface area contributed by atoms with Crippen LogP contribution in [0.15, 0.2) is 23.1 Å². The number of benzene rings is 1. The molecule has 3 nitrogen and oxygen atoms in total. The number of nitrogen functional groups attached to an aromatic ring is 1. The summed E-state index contributed by atoms with van der Waals surface area (Å²) in [5.74, 6) is 0. The third-order valence-electron chi connectivity index (χ3n) is 1.72. The van der Waals surface area contributed by atoms with Crippen molar-refractivity contribution in [2.24, 2.45) is 0 Å². The highest BCUT2D eigenvalue weighted by Gasteiger charge is 2.06. The van der Waals surface area contributed by atoms with Gasteiger partial charge in [-0.05, 0) is 18.2 Å². The van der Waals surface area contributed by atoms with E-state index < -0.39 is 0 Å². The first-order valence-corrected chi connectivity index (χ1v) is 5.12. The van der Waals surface area contributed by atoms with Gasteiger partial charge in [0, 0.05) is 15.8 Å². The lowest BCUT2D eigenvalue weighted by Gasteiger charge is -2.09. The van der Waals surface area contributed by atoms with Gasteiger partial charge in [0.2, 0.25) is 0 Å². The first kappa shape index (κ1) is 10.9. The van der Waals surface area contributed by atoms with E-state index in [4.69, 9.17) is 16.1 Å². The predicted molar refractivity (Wildman–Crippen MR) is 58.0 cm³/mol. The average Bonchev–Trinajstić information content (AvgIpc) is 2.20. The molecule has 1 unspecified atom stereocenters. The lowest BCUT2D eigenvalue weighted by Crippen LogP contribution is -2.02. The minimum absolute atomic E-state index is 0.115. The first-order valence-electron chi connectivity index (χ1n) is 4.24. The zero-order chi connectivity index (χ0) is 10.6. The number of anilines is 1. The highest BCUT2D eigenvalue weighted by molar-refractivity contribution is 8.00. The van der Waals surface area contributed by atoms with E-state index in [0.29, 0.717) is 11.3 Å². The van der Waals surface area contributed by atoms with Crippen molar-refractivity contribution in [2.45, 2.75) is 17.1 Å². The zero-order valence-corrected chi connectivity index (χ0v) is 8.71. The van der Waals surface area contributed by atoms with Gasteiger partial charge < -0.3 is 10.8 Å². The number of hydrogen-bond acceptors (Lipinski definition) is 4. The Morgan fingerprint density at radius 2 is 2.36 bits per heavy atom. The molecule has 0 amide bonds. The van der Waals surface area contributed by atoms with Gasteiger partial charge in [0.25, 0.3) is 0 Å². The molecule has 4 heteroatoms. The van der Waals surface area contributed by atoms with Gasteiger partial charge in [-0.2, -0.15) is 5.26 Å². The van der Waals surface area contributed by atoms with Gasteiger partial charge >= 0.3 is 0 Å². The summed E-state index contributed by atoms with van der Waals surface area (Å²) in [5, 5.41) is 17.6. The number of nitriles is 1. The fraction of sp³-hybridized carbons (Fsp3) is 0.300. The van der Waals surface area contributed by atoms with Crippen LogP contribution in [0.3, 0.4) is 0 Å². The van der Waals surface area contributed by atoms with Crippen LogP contribution in [0.25, 0.3) is 0 Å². The molecule has 0 spiro atoms. The third kappa shape index (κ3) is 2.66. The van der Waals surface area contributed by atoms with Crippen molar-refractivity contribution in [2.75, 3.05) is 12.3 Å². The summed E-state index contributed by atoms with van der Waals surface area (Å²) in [5.41, 5.74) is 6.90. The molecule has 1 aromatic rings. The number of thioether (sulfide) groups is 1. The zero-order valence-electron chi connectivity index (χ0n) is 7.90. The van der Waals surface area contributed by atoms with Crippen LogP contribution in [0, 0.1) is 11.3 Å². The van der Waals surface area contributed by atoms with E-state index in [1.165, 1.54) is 11.8 Å². The highest BCUT2D eigenvalue weighted by atomic mass is 32.2. The standard InChI is InChI=1S/C10H12N2OS/c1-7(6-13)14-10-3-2-8(5-11)4-9(10)12/h2-4,7,13H,6,12H2,1H3. The summed E-state index contributed by atoms with van der Waals surface area (Å²) in [7, 11) is 0. The molecule has 1 rings (SSSR count). The summed E-state index contributed by atoms with van der Waals surface area (Å²) in [6.45, 7) is 2.03. The van der Waals surface area contributed by atoms with E-state index in [-0.39, 0.29) is 11.9 Å². The van der Waals surface area contributed by atoms with Gasteiger partial charge in [-0.15, -0.1) is 11.8 Å². The Morgan fingerprint density at radius 3 is 2.86 bits per heavy atom. The van der Waals surface area contributed by atoms with Crippen LogP contribution in [-0.4, -0.2) is 17.0 Å². The number of nitrogens with two attached hydrogens (primary N) is 1. The summed E-state index contributed by atoms with van der Waals surface area (Å²) in [6, 6.07) is 7.20. The Kier molecular flexibility index (Phi) is 3.81. The molecule has 0 fully saturated rings. The first-order chi connectivity index (χ1) is 6.67. The van der Waals surface area contributed by atoms with Gasteiger partial charge in [0.15, 0.2) is 0 Å². The molecule has 0 heterocycles. The van der Waals surface area contributed by atoms with Crippen molar-refractivity contribution in [3.05, 3.63) is 23.8 Å². The number of aliphatic hydroxyl groups excluding tert-OH is 1. The molecule has 1 aromatic carbocycles. The van der Waals surface area contributed by atoms with Crippen molar-refractivity contribution in [3.63, 3.8) is 0 Å². The van der Waals surface area contributed by atoms with Crippen molar-refractivity contribution < 1.29 is 5.11 Å². The van der Waals surface area contributed by atoms with Crippen LogP contribution < -0.4 is 5.73 Å². The molecule has 0 aliphatic carbocycles. The van der Waals surface area contributed by atoms with Crippen LogP contribution in [-0.2, 0) is 0 Å². The smallest absolute Gasteiger partial charge is 0.0992 e. The number of aliphatic hydroxyl groups is 1. The lowest BCUT2D eigenvalue weighted by molar-refractivity contribution is 0.300. The molecule has 1 atom stereocenters. The summed E-state index contributed by atoms with van der Waals surface area (Å²) in [6.07, 6.45) is 0. The van der Waals surface area contributed by atoms with Crippen molar-refractivity contribution in [3.8, 4) is 6.07 Å².